The molecule has 0 heterocycles. The van der Waals surface area contributed by atoms with Crippen LogP contribution in [-0.2, 0) is 9.59 Å². The van der Waals surface area contributed by atoms with Crippen molar-refractivity contribution in [3.63, 3.8) is 0 Å². The van der Waals surface area contributed by atoms with E-state index in [1.807, 2.05) is 35.2 Å². The summed E-state index contributed by atoms with van der Waals surface area (Å²) in [5.41, 5.74) is 0.912. The summed E-state index contributed by atoms with van der Waals surface area (Å²) in [4.78, 5) is 25.6. The SMILES string of the molecule is CCCCN(C(=O)[C@@H]1CC[C@H](C(=O)O)C1)c1ccccc1. The molecule has 1 N–H and O–H groups in total. The smallest absolute Gasteiger partial charge is 0.306 e. The Hall–Kier alpha value is -1.84. The highest BCUT2D eigenvalue weighted by molar-refractivity contribution is 5.95. The molecule has 1 fully saturated rings. The average molecular weight is 289 g/mol. The first kappa shape index (κ1) is 15.5. The van der Waals surface area contributed by atoms with Crippen LogP contribution in [0.3, 0.4) is 0 Å². The Morgan fingerprint density at radius 2 is 1.86 bits per heavy atom. The van der Waals surface area contributed by atoms with Crippen molar-refractivity contribution in [2.75, 3.05) is 11.4 Å². The lowest BCUT2D eigenvalue weighted by molar-refractivity contribution is -0.141. The molecule has 21 heavy (non-hydrogen) atoms. The lowest BCUT2D eigenvalue weighted by atomic mass is 10.0. The standard InChI is InChI=1S/C17H23NO3/c1-2-3-11-18(15-7-5-4-6-8-15)16(19)13-9-10-14(12-13)17(20)21/h4-8,13-14H,2-3,9-12H2,1H3,(H,20,21)/t13-,14+/m1/s1. The number of amides is 1. The third kappa shape index (κ3) is 3.84. The van der Waals surface area contributed by atoms with Gasteiger partial charge in [0.2, 0.25) is 5.91 Å². The summed E-state index contributed by atoms with van der Waals surface area (Å²) in [6, 6.07) is 9.67. The zero-order valence-corrected chi connectivity index (χ0v) is 12.5. The number of benzene rings is 1. The molecular weight excluding hydrogens is 266 g/mol. The topological polar surface area (TPSA) is 57.6 Å². The van der Waals surface area contributed by atoms with Gasteiger partial charge in [-0.15, -0.1) is 0 Å². The minimum absolute atomic E-state index is 0.0819. The van der Waals surface area contributed by atoms with Crippen LogP contribution in [0.25, 0.3) is 0 Å². The van der Waals surface area contributed by atoms with Gasteiger partial charge in [0, 0.05) is 18.2 Å². The zero-order chi connectivity index (χ0) is 15.2. The number of hydrogen-bond acceptors (Lipinski definition) is 2. The molecule has 114 valence electrons. The molecule has 1 amide bonds. The van der Waals surface area contributed by atoms with Crippen molar-refractivity contribution in [2.45, 2.75) is 39.0 Å². The first-order valence-electron chi connectivity index (χ1n) is 7.72. The monoisotopic (exact) mass is 289 g/mol. The molecule has 0 unspecified atom stereocenters. The van der Waals surface area contributed by atoms with Crippen molar-refractivity contribution in [1.82, 2.24) is 0 Å². The summed E-state index contributed by atoms with van der Waals surface area (Å²) in [5.74, 6) is -1.20. The molecule has 4 heteroatoms. The first-order chi connectivity index (χ1) is 10.1. The number of carbonyl (C=O) groups excluding carboxylic acids is 1. The van der Waals surface area contributed by atoms with Crippen LogP contribution in [0, 0.1) is 11.8 Å². The lowest BCUT2D eigenvalue weighted by Crippen LogP contribution is -2.36. The maximum absolute atomic E-state index is 12.8. The Bertz CT molecular complexity index is 486. The number of aliphatic carboxylic acids is 1. The van der Waals surface area contributed by atoms with Crippen LogP contribution >= 0.6 is 0 Å². The number of rotatable bonds is 6. The minimum Gasteiger partial charge on any atom is -0.481 e. The van der Waals surface area contributed by atoms with Gasteiger partial charge in [0.1, 0.15) is 0 Å². The summed E-state index contributed by atoms with van der Waals surface area (Å²) < 4.78 is 0. The van der Waals surface area contributed by atoms with Crippen LogP contribution in [-0.4, -0.2) is 23.5 Å². The minimum atomic E-state index is -0.773. The molecule has 0 aromatic heterocycles. The first-order valence-corrected chi connectivity index (χ1v) is 7.72. The highest BCUT2D eigenvalue weighted by Gasteiger charge is 2.36. The summed E-state index contributed by atoms with van der Waals surface area (Å²) in [6.07, 6.45) is 3.76. The highest BCUT2D eigenvalue weighted by atomic mass is 16.4. The maximum Gasteiger partial charge on any atom is 0.306 e. The quantitative estimate of drug-likeness (QED) is 0.874. The molecule has 0 saturated heterocycles. The van der Waals surface area contributed by atoms with E-state index in [0.29, 0.717) is 25.8 Å². The average Bonchev–Trinajstić information content (AvgIpc) is 2.98. The van der Waals surface area contributed by atoms with Crippen molar-refractivity contribution in [3.05, 3.63) is 30.3 Å². The van der Waals surface area contributed by atoms with Crippen LogP contribution in [0.15, 0.2) is 30.3 Å². The van der Waals surface area contributed by atoms with Gasteiger partial charge >= 0.3 is 5.97 Å². The number of carbonyl (C=O) groups is 2. The number of hydrogen-bond donors (Lipinski definition) is 1. The molecule has 0 radical (unpaired) electrons. The van der Waals surface area contributed by atoms with Gasteiger partial charge in [-0.05, 0) is 37.8 Å². The molecule has 1 aliphatic rings. The van der Waals surface area contributed by atoms with Crippen LogP contribution in [0.2, 0.25) is 0 Å². The fourth-order valence-electron chi connectivity index (χ4n) is 2.94. The van der Waals surface area contributed by atoms with Gasteiger partial charge < -0.3 is 10.0 Å². The number of para-hydroxylation sites is 1. The molecule has 1 saturated carbocycles. The second-order valence-electron chi connectivity index (χ2n) is 5.72. The zero-order valence-electron chi connectivity index (χ0n) is 12.5. The second-order valence-corrected chi connectivity index (χ2v) is 5.72. The summed E-state index contributed by atoms with van der Waals surface area (Å²) in [7, 11) is 0. The molecule has 2 rings (SSSR count). The van der Waals surface area contributed by atoms with Gasteiger partial charge in [0.25, 0.3) is 0 Å². The van der Waals surface area contributed by atoms with E-state index < -0.39 is 5.97 Å². The third-order valence-corrected chi connectivity index (χ3v) is 4.20. The molecular formula is C17H23NO3. The van der Waals surface area contributed by atoms with Crippen LogP contribution in [0.1, 0.15) is 39.0 Å². The predicted octanol–water partition coefficient (Wildman–Crippen LogP) is 3.32. The predicted molar refractivity (Wildman–Crippen MR) is 82.2 cm³/mol. The summed E-state index contributed by atoms with van der Waals surface area (Å²) in [5, 5.41) is 9.08. The van der Waals surface area contributed by atoms with Gasteiger partial charge in [-0.3, -0.25) is 9.59 Å². The number of nitrogens with zero attached hydrogens (tertiary/aromatic N) is 1. The van der Waals surface area contributed by atoms with Crippen molar-refractivity contribution in [1.29, 1.82) is 0 Å². The fourth-order valence-corrected chi connectivity index (χ4v) is 2.94. The largest absolute Gasteiger partial charge is 0.481 e. The molecule has 0 aliphatic heterocycles. The van der Waals surface area contributed by atoms with Crippen LogP contribution in [0.5, 0.6) is 0 Å². The van der Waals surface area contributed by atoms with Crippen molar-refractivity contribution in [3.8, 4) is 0 Å². The normalized spacial score (nSPS) is 21.2. The van der Waals surface area contributed by atoms with Crippen LogP contribution < -0.4 is 4.90 Å². The molecule has 1 aromatic rings. The van der Waals surface area contributed by atoms with Gasteiger partial charge in [0.15, 0.2) is 0 Å². The molecule has 1 aliphatic carbocycles. The third-order valence-electron chi connectivity index (χ3n) is 4.20. The fraction of sp³-hybridized carbons (Fsp3) is 0.529. The number of carboxylic acid groups (broad SMARTS) is 1. The number of unbranched alkanes of at least 4 members (excludes halogenated alkanes) is 1. The maximum atomic E-state index is 12.8. The van der Waals surface area contributed by atoms with Gasteiger partial charge in [0.05, 0.1) is 5.92 Å². The van der Waals surface area contributed by atoms with Crippen LogP contribution in [0.4, 0.5) is 5.69 Å². The Labute approximate surface area is 125 Å². The van der Waals surface area contributed by atoms with E-state index in [1.54, 1.807) is 0 Å². The second kappa shape index (κ2) is 7.25. The molecule has 2 atom stereocenters. The van der Waals surface area contributed by atoms with Crippen molar-refractivity contribution >= 4 is 17.6 Å². The summed E-state index contributed by atoms with van der Waals surface area (Å²) in [6.45, 7) is 2.80. The Morgan fingerprint density at radius 3 is 2.43 bits per heavy atom. The van der Waals surface area contributed by atoms with Crippen molar-refractivity contribution in [2.24, 2.45) is 11.8 Å². The molecule has 0 spiro atoms. The Kier molecular flexibility index (Phi) is 5.37. The van der Waals surface area contributed by atoms with E-state index in [0.717, 1.165) is 18.5 Å². The Balaban J connectivity index is 2.10. The number of carboxylic acids is 1. The summed E-state index contributed by atoms with van der Waals surface area (Å²) >= 11 is 0. The molecule has 1 aromatic carbocycles. The molecule has 4 nitrogen and oxygen atoms in total. The highest BCUT2D eigenvalue weighted by Crippen LogP contribution is 2.33. The van der Waals surface area contributed by atoms with Crippen molar-refractivity contribution < 1.29 is 14.7 Å². The van der Waals surface area contributed by atoms with E-state index in [9.17, 15) is 9.59 Å². The molecule has 0 bridgehead atoms. The van der Waals surface area contributed by atoms with E-state index in [1.165, 1.54) is 0 Å². The van der Waals surface area contributed by atoms with Gasteiger partial charge in [-0.1, -0.05) is 31.5 Å². The van der Waals surface area contributed by atoms with Gasteiger partial charge in [-0.25, -0.2) is 0 Å². The Morgan fingerprint density at radius 1 is 1.19 bits per heavy atom. The van der Waals surface area contributed by atoms with E-state index in [4.69, 9.17) is 5.11 Å². The van der Waals surface area contributed by atoms with Gasteiger partial charge in [-0.2, -0.15) is 0 Å². The number of anilines is 1. The van der Waals surface area contributed by atoms with E-state index >= 15 is 0 Å². The lowest BCUT2D eigenvalue weighted by Gasteiger charge is -2.25. The van der Waals surface area contributed by atoms with E-state index in [2.05, 4.69) is 6.92 Å². The van der Waals surface area contributed by atoms with E-state index in [-0.39, 0.29) is 17.7 Å².